The lowest BCUT2D eigenvalue weighted by Gasteiger charge is -2.17. The Labute approximate surface area is 181 Å². The average Bonchev–Trinajstić information content (AvgIpc) is 3.23. The number of aromatic nitrogens is 4. The van der Waals surface area contributed by atoms with Gasteiger partial charge in [0.15, 0.2) is 0 Å². The van der Waals surface area contributed by atoms with Crippen LogP contribution in [0.15, 0.2) is 55.0 Å². The first kappa shape index (κ1) is 20.0. The lowest BCUT2D eigenvalue weighted by atomic mass is 10.1. The number of fused-ring (bicyclic) bond motifs is 2. The van der Waals surface area contributed by atoms with Crippen LogP contribution in [-0.2, 0) is 13.1 Å². The van der Waals surface area contributed by atoms with Gasteiger partial charge in [-0.15, -0.1) is 0 Å². The second kappa shape index (κ2) is 8.31. The van der Waals surface area contributed by atoms with E-state index in [2.05, 4.69) is 34.9 Å². The summed E-state index contributed by atoms with van der Waals surface area (Å²) >= 11 is 0. The Morgan fingerprint density at radius 1 is 1.06 bits per heavy atom. The first-order chi connectivity index (χ1) is 15.6. The number of anilines is 1. The van der Waals surface area contributed by atoms with Crippen LogP contribution in [0.2, 0.25) is 0 Å². The average molecular weight is 436 g/mol. The third-order valence-corrected chi connectivity index (χ3v) is 5.18. The Balaban J connectivity index is 1.38. The smallest absolute Gasteiger partial charge is 0.387 e. The fraction of sp³-hybridized carbons (Fsp3) is 0.182. The molecule has 1 aromatic carbocycles. The fourth-order valence-electron chi connectivity index (χ4n) is 3.62. The quantitative estimate of drug-likeness (QED) is 0.498. The van der Waals surface area contributed by atoms with Gasteiger partial charge in [-0.1, -0.05) is 0 Å². The van der Waals surface area contributed by atoms with Crippen molar-refractivity contribution in [1.82, 2.24) is 24.8 Å². The largest absolute Gasteiger partial charge is 0.435 e. The van der Waals surface area contributed by atoms with Gasteiger partial charge in [0.2, 0.25) is 0 Å². The second-order valence-electron chi connectivity index (χ2n) is 7.23. The van der Waals surface area contributed by atoms with Crippen molar-refractivity contribution >= 4 is 22.5 Å². The highest BCUT2D eigenvalue weighted by atomic mass is 19.3. The van der Waals surface area contributed by atoms with Gasteiger partial charge < -0.3 is 19.9 Å². The maximum absolute atomic E-state index is 12.5. The van der Waals surface area contributed by atoms with Gasteiger partial charge in [0.25, 0.3) is 5.91 Å². The number of nitrogens with zero attached hydrogens (tertiary/aromatic N) is 4. The Morgan fingerprint density at radius 2 is 1.88 bits per heavy atom. The number of ether oxygens (including phenoxy) is 1. The molecular weight excluding hydrogens is 418 g/mol. The third kappa shape index (κ3) is 4.00. The van der Waals surface area contributed by atoms with Gasteiger partial charge >= 0.3 is 6.61 Å². The summed E-state index contributed by atoms with van der Waals surface area (Å²) in [6.07, 6.45) is 5.20. The minimum atomic E-state index is -2.92. The highest BCUT2D eigenvalue weighted by Gasteiger charge is 2.16. The summed E-state index contributed by atoms with van der Waals surface area (Å²) in [5, 5.41) is 7.72. The van der Waals surface area contributed by atoms with E-state index >= 15 is 0 Å². The first-order valence-electron chi connectivity index (χ1n) is 9.94. The van der Waals surface area contributed by atoms with Gasteiger partial charge in [-0.2, -0.15) is 8.78 Å². The van der Waals surface area contributed by atoms with Crippen molar-refractivity contribution in [3.63, 3.8) is 0 Å². The summed E-state index contributed by atoms with van der Waals surface area (Å²) in [5.74, 6) is 0.915. The molecule has 0 radical (unpaired) electrons. The van der Waals surface area contributed by atoms with Gasteiger partial charge in [-0.3, -0.25) is 9.78 Å². The molecule has 32 heavy (non-hydrogen) atoms. The molecule has 1 aliphatic rings. The molecule has 0 saturated carbocycles. The maximum atomic E-state index is 12.5. The van der Waals surface area contributed by atoms with Gasteiger partial charge in [-0.05, 0) is 41.8 Å². The number of carbonyl (C=O) groups is 1. The molecule has 0 fully saturated rings. The predicted octanol–water partition coefficient (Wildman–Crippen LogP) is 3.45. The summed E-state index contributed by atoms with van der Waals surface area (Å²) < 4.78 is 31.0. The maximum Gasteiger partial charge on any atom is 0.387 e. The van der Waals surface area contributed by atoms with Crippen molar-refractivity contribution < 1.29 is 18.3 Å². The van der Waals surface area contributed by atoms with E-state index in [0.29, 0.717) is 11.4 Å². The molecule has 4 aromatic rings. The van der Waals surface area contributed by atoms with Crippen LogP contribution < -0.4 is 15.4 Å². The van der Waals surface area contributed by atoms with Crippen LogP contribution in [0.4, 0.5) is 14.6 Å². The Bertz CT molecular complexity index is 1290. The third-order valence-electron chi connectivity index (χ3n) is 5.18. The summed E-state index contributed by atoms with van der Waals surface area (Å²) in [6, 6.07) is 9.15. The van der Waals surface area contributed by atoms with Crippen LogP contribution >= 0.6 is 0 Å². The number of alkyl halides is 2. The van der Waals surface area contributed by atoms with E-state index < -0.39 is 12.5 Å². The second-order valence-corrected chi connectivity index (χ2v) is 7.23. The fourth-order valence-corrected chi connectivity index (χ4v) is 3.62. The molecule has 162 valence electrons. The molecule has 0 bridgehead atoms. The van der Waals surface area contributed by atoms with E-state index in [1.54, 1.807) is 18.5 Å². The molecule has 8 nitrogen and oxygen atoms in total. The Morgan fingerprint density at radius 3 is 2.69 bits per heavy atom. The summed E-state index contributed by atoms with van der Waals surface area (Å²) in [5.41, 5.74) is 2.02. The molecule has 2 N–H and O–H groups in total. The number of rotatable bonds is 5. The topological polar surface area (TPSA) is 94.0 Å². The lowest BCUT2D eigenvalue weighted by molar-refractivity contribution is -0.0498. The van der Waals surface area contributed by atoms with Crippen LogP contribution in [0.25, 0.3) is 22.2 Å². The number of hydrogen-bond donors (Lipinski definition) is 2. The van der Waals surface area contributed by atoms with Crippen molar-refractivity contribution in [2.24, 2.45) is 0 Å². The highest BCUT2D eigenvalue weighted by molar-refractivity contribution is 6.04. The van der Waals surface area contributed by atoms with Gasteiger partial charge in [0, 0.05) is 36.4 Å². The van der Waals surface area contributed by atoms with Gasteiger partial charge in [-0.25, -0.2) is 9.97 Å². The predicted molar refractivity (Wildman–Crippen MR) is 113 cm³/mol. The standard InChI is InChI=1S/C22H18F2N6O2/c23-22(24)32-16-3-1-13(2-4-16)21(31)29-19-8-14-7-17(26-9-15(14)10-27-19)18-11-28-20-12-25-5-6-30(18)20/h1-4,7-11,22,25H,5-6,12H2,(H,27,29,31). The van der Waals surface area contributed by atoms with E-state index in [1.165, 1.54) is 24.3 Å². The van der Waals surface area contributed by atoms with E-state index in [0.717, 1.165) is 47.6 Å². The monoisotopic (exact) mass is 436 g/mol. The first-order valence-corrected chi connectivity index (χ1v) is 9.94. The van der Waals surface area contributed by atoms with Crippen LogP contribution in [0.5, 0.6) is 5.75 Å². The highest BCUT2D eigenvalue weighted by Crippen LogP contribution is 2.25. The van der Waals surface area contributed by atoms with Crippen LogP contribution in [0, 0.1) is 0 Å². The summed E-state index contributed by atoms with van der Waals surface area (Å²) in [6.45, 7) is -0.494. The van der Waals surface area contributed by atoms with Crippen molar-refractivity contribution in [2.75, 3.05) is 11.9 Å². The zero-order chi connectivity index (χ0) is 22.1. The molecule has 0 aliphatic carbocycles. The van der Waals surface area contributed by atoms with Gasteiger partial charge in [0.05, 0.1) is 24.1 Å². The molecule has 0 spiro atoms. The number of nitrogens with one attached hydrogen (secondary N) is 2. The Hall–Kier alpha value is -3.92. The number of hydrogen-bond acceptors (Lipinski definition) is 6. The molecule has 0 saturated heterocycles. The number of benzene rings is 1. The summed E-state index contributed by atoms with van der Waals surface area (Å²) in [4.78, 5) is 25.8. The minimum Gasteiger partial charge on any atom is -0.435 e. The number of amides is 1. The molecule has 1 amide bonds. The molecule has 1 aliphatic heterocycles. The van der Waals surface area contributed by atoms with Crippen molar-refractivity contribution in [1.29, 1.82) is 0 Å². The molecule has 0 unspecified atom stereocenters. The molecule has 4 heterocycles. The van der Waals surface area contributed by atoms with Crippen LogP contribution in [-0.4, -0.2) is 38.6 Å². The zero-order valence-corrected chi connectivity index (χ0v) is 16.8. The van der Waals surface area contributed by atoms with E-state index in [1.807, 2.05) is 12.3 Å². The van der Waals surface area contributed by atoms with Crippen LogP contribution in [0.1, 0.15) is 16.2 Å². The van der Waals surface area contributed by atoms with Crippen LogP contribution in [0.3, 0.4) is 0 Å². The zero-order valence-electron chi connectivity index (χ0n) is 16.8. The molecule has 5 rings (SSSR count). The number of carbonyl (C=O) groups excluding carboxylic acids is 1. The molecule has 10 heteroatoms. The van der Waals surface area contributed by atoms with Crippen molar-refractivity contribution in [2.45, 2.75) is 19.7 Å². The Kier molecular flexibility index (Phi) is 5.20. The number of halogens is 2. The number of imidazole rings is 1. The van der Waals surface area contributed by atoms with Crippen molar-refractivity contribution in [3.8, 4) is 17.1 Å². The minimum absolute atomic E-state index is 0.0155. The summed E-state index contributed by atoms with van der Waals surface area (Å²) in [7, 11) is 0. The van der Waals surface area contributed by atoms with Crippen molar-refractivity contribution in [3.05, 3.63) is 66.4 Å². The van der Waals surface area contributed by atoms with E-state index in [4.69, 9.17) is 0 Å². The SMILES string of the molecule is O=C(Nc1cc2cc(-c3cnc4n3CCNC4)ncc2cn1)c1ccc(OC(F)F)cc1. The number of pyridine rings is 2. The van der Waals surface area contributed by atoms with E-state index in [9.17, 15) is 13.6 Å². The molecule has 3 aromatic heterocycles. The molecular formula is C22H18F2N6O2. The molecule has 0 atom stereocenters. The van der Waals surface area contributed by atoms with Gasteiger partial charge in [0.1, 0.15) is 17.4 Å². The lowest BCUT2D eigenvalue weighted by Crippen LogP contribution is -2.28. The normalized spacial score (nSPS) is 13.2. The van der Waals surface area contributed by atoms with E-state index in [-0.39, 0.29) is 5.75 Å².